The maximum Gasteiger partial charge on any atom is 0.283 e. The number of rotatable bonds is 5. The average molecular weight is 382 g/mol. The fourth-order valence-electron chi connectivity index (χ4n) is 2.43. The Morgan fingerprint density at radius 1 is 0.889 bits per heavy atom. The van der Waals surface area contributed by atoms with E-state index in [-0.39, 0.29) is 5.41 Å². The van der Waals surface area contributed by atoms with Gasteiger partial charge in [0.15, 0.2) is 5.76 Å². The summed E-state index contributed by atoms with van der Waals surface area (Å²) in [5.41, 5.74) is 2.25. The molecule has 1 aromatic carbocycles. The Bertz CT molecular complexity index is 1010. The minimum atomic E-state index is 0.104. The van der Waals surface area contributed by atoms with Crippen LogP contribution in [0.3, 0.4) is 0 Å². The van der Waals surface area contributed by atoms with Gasteiger partial charge in [0, 0.05) is 5.56 Å². The van der Waals surface area contributed by atoms with Gasteiger partial charge >= 0.3 is 0 Å². The summed E-state index contributed by atoms with van der Waals surface area (Å²) in [7, 11) is 0. The summed E-state index contributed by atoms with van der Waals surface area (Å²) in [4.78, 5) is 0. The number of hydrogen-bond acceptors (Lipinski definition) is 8. The molecule has 4 aromatic rings. The molecule has 4 rings (SSSR count). The Kier molecular flexibility index (Phi) is 4.57. The van der Waals surface area contributed by atoms with Crippen LogP contribution in [0.25, 0.3) is 23.1 Å². The highest BCUT2D eigenvalue weighted by Gasteiger charge is 2.16. The quantitative estimate of drug-likeness (QED) is 0.447. The Balaban J connectivity index is 1.41. The van der Waals surface area contributed by atoms with Gasteiger partial charge in [-0.15, -0.1) is 20.4 Å². The van der Waals surface area contributed by atoms with E-state index in [4.69, 9.17) is 13.3 Å². The van der Waals surface area contributed by atoms with Crippen molar-refractivity contribution in [1.82, 2.24) is 20.4 Å². The summed E-state index contributed by atoms with van der Waals surface area (Å²) >= 11 is 1.34. The Hall–Kier alpha value is -2.87. The monoisotopic (exact) mass is 382 g/mol. The zero-order chi connectivity index (χ0) is 18.9. The number of hydrogen-bond donors (Lipinski definition) is 0. The molecule has 138 valence electrons. The van der Waals surface area contributed by atoms with E-state index in [0.717, 1.165) is 5.56 Å². The highest BCUT2D eigenvalue weighted by atomic mass is 32.2. The lowest BCUT2D eigenvalue weighted by atomic mass is 9.87. The zero-order valence-corrected chi connectivity index (χ0v) is 16.0. The van der Waals surface area contributed by atoms with Crippen LogP contribution >= 0.6 is 11.8 Å². The van der Waals surface area contributed by atoms with E-state index < -0.39 is 0 Å². The molecular formula is C19H18N4O3S. The molecule has 0 aliphatic heterocycles. The minimum absolute atomic E-state index is 0.104. The van der Waals surface area contributed by atoms with Crippen molar-refractivity contribution in [3.8, 4) is 23.1 Å². The molecule has 0 saturated carbocycles. The Morgan fingerprint density at radius 2 is 1.67 bits per heavy atom. The molecule has 0 spiro atoms. The molecule has 0 radical (unpaired) electrons. The average Bonchev–Trinajstić information content (AvgIpc) is 3.39. The van der Waals surface area contributed by atoms with Gasteiger partial charge in [-0.2, -0.15) is 0 Å². The summed E-state index contributed by atoms with van der Waals surface area (Å²) < 4.78 is 16.5. The van der Waals surface area contributed by atoms with Crippen LogP contribution in [0, 0.1) is 0 Å². The van der Waals surface area contributed by atoms with Crippen LogP contribution in [0.4, 0.5) is 0 Å². The predicted octanol–water partition coefficient (Wildman–Crippen LogP) is 4.97. The van der Waals surface area contributed by atoms with Gasteiger partial charge in [-0.1, -0.05) is 44.7 Å². The molecule has 0 fully saturated rings. The largest absolute Gasteiger partial charge is 0.459 e. The second-order valence-electron chi connectivity index (χ2n) is 6.97. The first-order valence-electron chi connectivity index (χ1n) is 8.42. The van der Waals surface area contributed by atoms with E-state index in [0.29, 0.717) is 34.4 Å². The second-order valence-corrected chi connectivity index (χ2v) is 7.89. The first-order chi connectivity index (χ1) is 13.0. The molecule has 27 heavy (non-hydrogen) atoms. The molecule has 3 aromatic heterocycles. The van der Waals surface area contributed by atoms with E-state index in [1.807, 2.05) is 12.1 Å². The van der Waals surface area contributed by atoms with Gasteiger partial charge < -0.3 is 13.3 Å². The first kappa shape index (κ1) is 17.5. The van der Waals surface area contributed by atoms with Crippen molar-refractivity contribution < 1.29 is 13.3 Å². The normalized spacial score (nSPS) is 11.8. The van der Waals surface area contributed by atoms with Gasteiger partial charge in [0.2, 0.25) is 11.8 Å². The third-order valence-electron chi connectivity index (χ3n) is 3.92. The van der Waals surface area contributed by atoms with Gasteiger partial charge in [0.1, 0.15) is 0 Å². The van der Waals surface area contributed by atoms with E-state index >= 15 is 0 Å². The molecule has 0 saturated heterocycles. The minimum Gasteiger partial charge on any atom is -0.459 e. The smallest absolute Gasteiger partial charge is 0.283 e. The van der Waals surface area contributed by atoms with Gasteiger partial charge in [0.05, 0.1) is 12.0 Å². The molecule has 8 heteroatoms. The molecule has 0 N–H and O–H groups in total. The fourth-order valence-corrected chi connectivity index (χ4v) is 3.03. The van der Waals surface area contributed by atoms with Gasteiger partial charge in [-0.3, -0.25) is 0 Å². The Labute approximate surface area is 160 Å². The molecule has 0 unspecified atom stereocenters. The van der Waals surface area contributed by atoms with Crippen molar-refractivity contribution in [2.75, 3.05) is 0 Å². The molecule has 0 aliphatic rings. The highest BCUT2D eigenvalue weighted by Crippen LogP contribution is 2.28. The summed E-state index contributed by atoms with van der Waals surface area (Å²) in [5.74, 6) is 2.26. The number of aromatic nitrogens is 4. The van der Waals surface area contributed by atoms with E-state index in [2.05, 4.69) is 53.3 Å². The lowest BCUT2D eigenvalue weighted by molar-refractivity contribution is 0.463. The molecule has 0 aliphatic carbocycles. The molecule has 7 nitrogen and oxygen atoms in total. The Morgan fingerprint density at radius 3 is 2.37 bits per heavy atom. The van der Waals surface area contributed by atoms with E-state index in [1.165, 1.54) is 17.3 Å². The van der Waals surface area contributed by atoms with Crippen LogP contribution in [0.15, 0.2) is 61.1 Å². The van der Waals surface area contributed by atoms with Gasteiger partial charge in [0.25, 0.3) is 11.1 Å². The highest BCUT2D eigenvalue weighted by molar-refractivity contribution is 7.98. The van der Waals surface area contributed by atoms with Crippen LogP contribution < -0.4 is 0 Å². The second kappa shape index (κ2) is 7.03. The van der Waals surface area contributed by atoms with Crippen molar-refractivity contribution in [1.29, 1.82) is 0 Å². The summed E-state index contributed by atoms with van der Waals surface area (Å²) in [6, 6.07) is 11.7. The van der Waals surface area contributed by atoms with E-state index in [9.17, 15) is 0 Å². The number of furan rings is 1. The molecule has 0 atom stereocenters. The third kappa shape index (κ3) is 3.95. The predicted molar refractivity (Wildman–Crippen MR) is 100.0 cm³/mol. The lowest BCUT2D eigenvalue weighted by Gasteiger charge is -2.18. The standard InChI is InChI=1S/C19H18N4O3S/c1-19(2,3)13-8-6-12(7-9-13)16-21-23-18(26-16)27-11-15-20-22-17(25-15)14-5-4-10-24-14/h4-10H,11H2,1-3H3. The van der Waals surface area contributed by atoms with Crippen molar-refractivity contribution in [2.45, 2.75) is 37.2 Å². The fraction of sp³-hybridized carbons (Fsp3) is 0.263. The van der Waals surface area contributed by atoms with Crippen LogP contribution in [0.5, 0.6) is 0 Å². The first-order valence-corrected chi connectivity index (χ1v) is 9.41. The van der Waals surface area contributed by atoms with Crippen molar-refractivity contribution in [3.63, 3.8) is 0 Å². The van der Waals surface area contributed by atoms with Crippen LogP contribution in [-0.2, 0) is 11.2 Å². The zero-order valence-electron chi connectivity index (χ0n) is 15.2. The number of benzene rings is 1. The van der Waals surface area contributed by atoms with Gasteiger partial charge in [-0.25, -0.2) is 0 Å². The maximum absolute atomic E-state index is 5.73. The topological polar surface area (TPSA) is 91.0 Å². The SMILES string of the molecule is CC(C)(C)c1ccc(-c2nnc(SCc3nnc(-c4ccco4)o3)o2)cc1. The van der Waals surface area contributed by atoms with Crippen LogP contribution in [-0.4, -0.2) is 20.4 Å². The summed E-state index contributed by atoms with van der Waals surface area (Å²) in [6.07, 6.45) is 1.56. The van der Waals surface area contributed by atoms with Crippen molar-refractivity contribution in [3.05, 3.63) is 54.1 Å². The summed E-state index contributed by atoms with van der Waals surface area (Å²) in [6.45, 7) is 6.54. The molecule has 0 amide bonds. The van der Waals surface area contributed by atoms with Crippen molar-refractivity contribution >= 4 is 11.8 Å². The van der Waals surface area contributed by atoms with Crippen molar-refractivity contribution in [2.24, 2.45) is 0 Å². The third-order valence-corrected chi connectivity index (χ3v) is 4.73. The molecular weight excluding hydrogens is 364 g/mol. The number of thioether (sulfide) groups is 1. The van der Waals surface area contributed by atoms with Crippen LogP contribution in [0.2, 0.25) is 0 Å². The molecule has 0 bridgehead atoms. The lowest BCUT2D eigenvalue weighted by Crippen LogP contribution is -2.10. The maximum atomic E-state index is 5.73. The molecule has 3 heterocycles. The van der Waals surface area contributed by atoms with E-state index in [1.54, 1.807) is 18.4 Å². The summed E-state index contributed by atoms with van der Waals surface area (Å²) in [5, 5.41) is 16.6. The number of nitrogens with zero attached hydrogens (tertiary/aromatic N) is 4. The van der Waals surface area contributed by atoms with Gasteiger partial charge in [-0.05, 0) is 35.2 Å². The van der Waals surface area contributed by atoms with Crippen LogP contribution in [0.1, 0.15) is 32.2 Å².